The van der Waals surface area contributed by atoms with Gasteiger partial charge in [-0.15, -0.1) is 0 Å². The van der Waals surface area contributed by atoms with Gasteiger partial charge in [-0.25, -0.2) is 4.98 Å². The average molecular weight is 365 g/mol. The smallest absolute Gasteiger partial charge is 0.368 e. The molecule has 1 fully saturated rings. The van der Waals surface area contributed by atoms with Gasteiger partial charge in [-0.3, -0.25) is 4.79 Å². The van der Waals surface area contributed by atoms with E-state index in [2.05, 4.69) is 15.6 Å². The van der Waals surface area contributed by atoms with Crippen molar-refractivity contribution in [2.75, 3.05) is 18.4 Å². The molecule has 1 aromatic rings. The van der Waals surface area contributed by atoms with Gasteiger partial charge in [0.25, 0.3) is 0 Å². The van der Waals surface area contributed by atoms with Gasteiger partial charge >= 0.3 is 6.18 Å². The van der Waals surface area contributed by atoms with Gasteiger partial charge in [-0.2, -0.15) is 13.2 Å². The van der Waals surface area contributed by atoms with E-state index in [1.165, 1.54) is 0 Å². The van der Waals surface area contributed by atoms with E-state index in [0.717, 1.165) is 18.9 Å². The van der Waals surface area contributed by atoms with Crippen LogP contribution in [0.15, 0.2) is 12.3 Å². The van der Waals surface area contributed by atoms with Crippen molar-refractivity contribution >= 4 is 23.3 Å². The first-order valence-electron chi connectivity index (χ1n) is 7.63. The Hall–Kier alpha value is -1.54. The molecule has 1 heterocycles. The van der Waals surface area contributed by atoms with Crippen molar-refractivity contribution < 1.29 is 18.0 Å². The number of carbonyl (C=O) groups is 1. The predicted molar refractivity (Wildman–Crippen MR) is 85.7 cm³/mol. The number of hydrogen-bond acceptors (Lipinski definition) is 4. The number of alkyl halides is 3. The van der Waals surface area contributed by atoms with Gasteiger partial charge in [0.15, 0.2) is 0 Å². The highest BCUT2D eigenvalue weighted by Crippen LogP contribution is 2.39. The fourth-order valence-electron chi connectivity index (χ4n) is 2.44. The summed E-state index contributed by atoms with van der Waals surface area (Å²) in [5, 5.41) is 5.55. The monoisotopic (exact) mass is 364 g/mol. The topological polar surface area (TPSA) is 80.0 Å². The molecule has 1 unspecified atom stereocenters. The maximum Gasteiger partial charge on any atom is 0.417 e. The van der Waals surface area contributed by atoms with Crippen molar-refractivity contribution in [1.29, 1.82) is 0 Å². The van der Waals surface area contributed by atoms with Gasteiger partial charge in [-0.1, -0.05) is 11.6 Å². The van der Waals surface area contributed by atoms with Crippen LogP contribution in [0, 0.1) is 5.92 Å². The fourth-order valence-corrected chi connectivity index (χ4v) is 2.67. The van der Waals surface area contributed by atoms with E-state index in [0.29, 0.717) is 18.7 Å². The molecule has 4 N–H and O–H groups in total. The van der Waals surface area contributed by atoms with Crippen molar-refractivity contribution in [3.05, 3.63) is 22.8 Å². The molecule has 1 atom stereocenters. The van der Waals surface area contributed by atoms with Crippen molar-refractivity contribution in [1.82, 2.24) is 10.3 Å². The first-order chi connectivity index (χ1) is 11.2. The minimum Gasteiger partial charge on any atom is -0.368 e. The number of anilines is 1. The Morgan fingerprint density at radius 3 is 2.62 bits per heavy atom. The highest BCUT2D eigenvalue weighted by atomic mass is 35.5. The number of nitrogens with zero attached hydrogens (tertiary/aromatic N) is 1. The summed E-state index contributed by atoms with van der Waals surface area (Å²) in [6, 6.07) is 0.801. The standard InChI is InChI=1S/C15H20ClF3N4O/c1-14(8-20,9-2-3-9)23-12(24)4-5-21-13-11(16)6-10(7-22-13)15(17,18)19/h6-7,9H,2-5,8,20H2,1H3,(H,21,22)(H,23,24). The highest BCUT2D eigenvalue weighted by Gasteiger charge is 2.41. The van der Waals surface area contributed by atoms with Crippen LogP contribution < -0.4 is 16.4 Å². The van der Waals surface area contributed by atoms with Gasteiger partial charge in [0.05, 0.1) is 16.1 Å². The molecule has 0 aliphatic heterocycles. The lowest BCUT2D eigenvalue weighted by molar-refractivity contribution is -0.137. The lowest BCUT2D eigenvalue weighted by Crippen LogP contribution is -2.53. The van der Waals surface area contributed by atoms with Crippen LogP contribution >= 0.6 is 11.6 Å². The minimum absolute atomic E-state index is 0.112. The molecule has 9 heteroatoms. The van der Waals surface area contributed by atoms with Crippen molar-refractivity contribution in [2.45, 2.75) is 37.9 Å². The van der Waals surface area contributed by atoms with Crippen molar-refractivity contribution in [2.24, 2.45) is 11.7 Å². The summed E-state index contributed by atoms with van der Waals surface area (Å²) < 4.78 is 37.6. The third-order valence-electron chi connectivity index (χ3n) is 4.14. The number of pyridine rings is 1. The number of hydrogen-bond donors (Lipinski definition) is 3. The van der Waals surface area contributed by atoms with E-state index >= 15 is 0 Å². The number of halogens is 4. The van der Waals surface area contributed by atoms with Crippen LogP contribution in [0.4, 0.5) is 19.0 Å². The van der Waals surface area contributed by atoms with Crippen LogP contribution in [0.25, 0.3) is 0 Å². The summed E-state index contributed by atoms with van der Waals surface area (Å²) in [6.45, 7) is 2.49. The van der Waals surface area contributed by atoms with Crippen LogP contribution in [0.2, 0.25) is 5.02 Å². The zero-order valence-corrected chi connectivity index (χ0v) is 14.0. The van der Waals surface area contributed by atoms with E-state index in [1.807, 2.05) is 6.92 Å². The van der Waals surface area contributed by atoms with E-state index in [1.54, 1.807) is 0 Å². The summed E-state index contributed by atoms with van der Waals surface area (Å²) in [7, 11) is 0. The zero-order chi connectivity index (χ0) is 18.0. The normalized spacial score (nSPS) is 17.2. The second-order valence-corrected chi connectivity index (χ2v) is 6.58. The van der Waals surface area contributed by atoms with E-state index in [9.17, 15) is 18.0 Å². The van der Waals surface area contributed by atoms with E-state index in [4.69, 9.17) is 17.3 Å². The molecule has 24 heavy (non-hydrogen) atoms. The van der Waals surface area contributed by atoms with Gasteiger partial charge in [0.2, 0.25) is 5.91 Å². The lowest BCUT2D eigenvalue weighted by atomic mass is 9.96. The molecule has 1 amide bonds. The van der Waals surface area contributed by atoms with Gasteiger partial charge < -0.3 is 16.4 Å². The zero-order valence-electron chi connectivity index (χ0n) is 13.2. The number of aromatic nitrogens is 1. The molecule has 0 spiro atoms. The largest absolute Gasteiger partial charge is 0.417 e. The van der Waals surface area contributed by atoms with Crippen molar-refractivity contribution in [3.63, 3.8) is 0 Å². The van der Waals surface area contributed by atoms with E-state index in [-0.39, 0.29) is 29.7 Å². The summed E-state index contributed by atoms with van der Waals surface area (Å²) >= 11 is 5.79. The maximum atomic E-state index is 12.5. The highest BCUT2D eigenvalue weighted by molar-refractivity contribution is 6.32. The molecule has 1 aliphatic rings. The molecule has 1 aliphatic carbocycles. The molecule has 0 radical (unpaired) electrons. The second-order valence-electron chi connectivity index (χ2n) is 6.17. The minimum atomic E-state index is -4.50. The molecular weight excluding hydrogens is 345 g/mol. The maximum absolute atomic E-state index is 12.5. The molecule has 5 nitrogen and oxygen atoms in total. The number of amides is 1. The SMILES string of the molecule is CC(CN)(NC(=O)CCNc1ncc(C(F)(F)F)cc1Cl)C1CC1. The Labute approximate surface area is 143 Å². The van der Waals surface area contributed by atoms with Crippen LogP contribution in [0.1, 0.15) is 31.7 Å². The molecule has 0 saturated heterocycles. The first-order valence-corrected chi connectivity index (χ1v) is 8.01. The van der Waals surface area contributed by atoms with Crippen molar-refractivity contribution in [3.8, 4) is 0 Å². The Bertz CT molecular complexity index is 607. The Balaban J connectivity index is 1.84. The molecule has 2 rings (SSSR count). The fraction of sp³-hybridized carbons (Fsp3) is 0.600. The summed E-state index contributed by atoms with van der Waals surface area (Å²) in [5.41, 5.74) is 4.42. The number of nitrogens with two attached hydrogens (primary N) is 1. The van der Waals surface area contributed by atoms with Crippen LogP contribution in [0.3, 0.4) is 0 Å². The summed E-state index contributed by atoms with van der Waals surface area (Å²) in [6.07, 6.45) is -1.55. The number of nitrogens with one attached hydrogen (secondary N) is 2. The lowest BCUT2D eigenvalue weighted by Gasteiger charge is -2.29. The Morgan fingerprint density at radius 2 is 2.12 bits per heavy atom. The number of rotatable bonds is 7. The molecule has 134 valence electrons. The summed E-state index contributed by atoms with van der Waals surface area (Å²) in [5.74, 6) is 0.345. The molecule has 0 aromatic carbocycles. The molecule has 1 saturated carbocycles. The van der Waals surface area contributed by atoms with Gasteiger partial charge in [0.1, 0.15) is 5.82 Å². The molecule has 1 aromatic heterocycles. The Kier molecular flexibility index (Phi) is 5.59. The van der Waals surface area contributed by atoms with Gasteiger partial charge in [-0.05, 0) is 31.7 Å². The number of carbonyl (C=O) groups excluding carboxylic acids is 1. The third kappa shape index (κ3) is 4.73. The average Bonchev–Trinajstić information content (AvgIpc) is 3.32. The predicted octanol–water partition coefficient (Wildman–Crippen LogP) is 2.80. The second kappa shape index (κ2) is 7.14. The van der Waals surface area contributed by atoms with Crippen LogP contribution in [-0.2, 0) is 11.0 Å². The molecule has 0 bridgehead atoms. The summed E-state index contributed by atoms with van der Waals surface area (Å²) in [4.78, 5) is 15.7. The Morgan fingerprint density at radius 1 is 1.46 bits per heavy atom. The first kappa shape index (κ1) is 18.8. The quantitative estimate of drug-likeness (QED) is 0.695. The van der Waals surface area contributed by atoms with Gasteiger partial charge in [0, 0.05) is 25.7 Å². The van der Waals surface area contributed by atoms with E-state index < -0.39 is 17.3 Å². The van der Waals surface area contributed by atoms with Crippen LogP contribution in [-0.4, -0.2) is 29.5 Å². The molecular formula is C15H20ClF3N4O. The third-order valence-corrected chi connectivity index (χ3v) is 4.43. The van der Waals surface area contributed by atoms with Crippen LogP contribution in [0.5, 0.6) is 0 Å².